The lowest BCUT2D eigenvalue weighted by Gasteiger charge is -2.28. The minimum Gasteiger partial charge on any atom is -0.332 e. The van der Waals surface area contributed by atoms with E-state index >= 15 is 0 Å². The van der Waals surface area contributed by atoms with Gasteiger partial charge in [-0.1, -0.05) is 24.3 Å². The molecule has 6 heteroatoms. The number of amides is 1. The highest BCUT2D eigenvalue weighted by atomic mass is 16.2. The molecule has 27 heavy (non-hydrogen) atoms. The molecule has 1 aromatic carbocycles. The Balaban J connectivity index is 1.41. The molecule has 0 radical (unpaired) electrons. The summed E-state index contributed by atoms with van der Waals surface area (Å²) in [5.74, 6) is 0.862. The maximum absolute atomic E-state index is 13.1. The number of hydrogen-bond donors (Lipinski definition) is 1. The van der Waals surface area contributed by atoms with Gasteiger partial charge in [-0.25, -0.2) is 9.97 Å². The van der Waals surface area contributed by atoms with Crippen LogP contribution in [0.2, 0.25) is 0 Å². The van der Waals surface area contributed by atoms with E-state index in [1.807, 2.05) is 41.4 Å². The van der Waals surface area contributed by atoms with Crippen LogP contribution in [0.5, 0.6) is 0 Å². The predicted molar refractivity (Wildman–Crippen MR) is 102 cm³/mol. The maximum Gasteiger partial charge on any atom is 0.273 e. The van der Waals surface area contributed by atoms with Gasteiger partial charge in [0, 0.05) is 42.9 Å². The molecule has 6 nitrogen and oxygen atoms in total. The van der Waals surface area contributed by atoms with Crippen LogP contribution in [0.4, 0.5) is 0 Å². The van der Waals surface area contributed by atoms with Crippen molar-refractivity contribution in [2.45, 2.75) is 31.8 Å². The van der Waals surface area contributed by atoms with Crippen molar-refractivity contribution in [3.8, 4) is 0 Å². The third-order valence-corrected chi connectivity index (χ3v) is 5.49. The van der Waals surface area contributed by atoms with E-state index in [-0.39, 0.29) is 11.9 Å². The van der Waals surface area contributed by atoms with Gasteiger partial charge in [0.05, 0.1) is 11.7 Å². The zero-order chi connectivity index (χ0) is 18.2. The Morgan fingerprint density at radius 2 is 2.11 bits per heavy atom. The Bertz CT molecular complexity index is 1010. The molecule has 1 atom stereocenters. The third kappa shape index (κ3) is 2.96. The zero-order valence-electron chi connectivity index (χ0n) is 15.1. The Morgan fingerprint density at radius 1 is 1.19 bits per heavy atom. The van der Waals surface area contributed by atoms with Crippen molar-refractivity contribution >= 4 is 16.7 Å². The highest BCUT2D eigenvalue weighted by Crippen LogP contribution is 2.25. The van der Waals surface area contributed by atoms with Gasteiger partial charge < -0.3 is 10.2 Å². The van der Waals surface area contributed by atoms with E-state index in [0.29, 0.717) is 18.8 Å². The molecule has 3 aromatic rings. The Morgan fingerprint density at radius 3 is 3.00 bits per heavy atom. The summed E-state index contributed by atoms with van der Waals surface area (Å²) in [6, 6.07) is 10.1. The molecule has 0 bridgehead atoms. The van der Waals surface area contributed by atoms with Crippen molar-refractivity contribution in [3.63, 3.8) is 0 Å². The van der Waals surface area contributed by atoms with Crippen molar-refractivity contribution in [2.24, 2.45) is 0 Å². The van der Waals surface area contributed by atoms with E-state index in [0.717, 1.165) is 47.2 Å². The van der Waals surface area contributed by atoms with E-state index < -0.39 is 0 Å². The molecular weight excluding hydrogens is 338 g/mol. The van der Waals surface area contributed by atoms with Crippen molar-refractivity contribution in [1.29, 1.82) is 0 Å². The zero-order valence-corrected chi connectivity index (χ0v) is 15.1. The lowest BCUT2D eigenvalue weighted by Crippen LogP contribution is -2.37. The second kappa shape index (κ2) is 6.70. The molecule has 5 rings (SSSR count). The molecule has 2 aliphatic rings. The summed E-state index contributed by atoms with van der Waals surface area (Å²) >= 11 is 0. The molecule has 4 heterocycles. The number of nitrogens with one attached hydrogen (secondary N) is 1. The SMILES string of the molecule is O=C(c1nccc2ccccc12)N1CCc2nc(C3CCCN3)ncc2C1. The first-order chi connectivity index (χ1) is 13.3. The van der Waals surface area contributed by atoms with Crippen LogP contribution in [0, 0.1) is 0 Å². The first kappa shape index (κ1) is 16.3. The van der Waals surface area contributed by atoms with Gasteiger partial charge in [0.1, 0.15) is 11.5 Å². The fourth-order valence-electron chi connectivity index (χ4n) is 4.02. The van der Waals surface area contributed by atoms with Gasteiger partial charge in [-0.3, -0.25) is 9.78 Å². The molecule has 2 aliphatic heterocycles. The van der Waals surface area contributed by atoms with Crippen molar-refractivity contribution < 1.29 is 4.79 Å². The summed E-state index contributed by atoms with van der Waals surface area (Å²) in [5, 5.41) is 5.38. The predicted octanol–water partition coefficient (Wildman–Crippen LogP) is 2.65. The Hall–Kier alpha value is -2.86. The van der Waals surface area contributed by atoms with E-state index in [2.05, 4.69) is 15.3 Å². The van der Waals surface area contributed by atoms with E-state index in [9.17, 15) is 4.79 Å². The highest BCUT2D eigenvalue weighted by Gasteiger charge is 2.26. The second-order valence-corrected chi connectivity index (χ2v) is 7.21. The molecule has 0 spiro atoms. The number of hydrogen-bond acceptors (Lipinski definition) is 5. The molecule has 0 aliphatic carbocycles. The van der Waals surface area contributed by atoms with Gasteiger partial charge >= 0.3 is 0 Å². The first-order valence-corrected chi connectivity index (χ1v) is 9.51. The van der Waals surface area contributed by atoms with Crippen molar-refractivity contribution in [3.05, 3.63) is 65.5 Å². The van der Waals surface area contributed by atoms with Crippen molar-refractivity contribution in [2.75, 3.05) is 13.1 Å². The minimum absolute atomic E-state index is 0.0287. The Kier molecular flexibility index (Phi) is 4.05. The van der Waals surface area contributed by atoms with E-state index in [4.69, 9.17) is 4.98 Å². The number of nitrogens with zero attached hydrogens (tertiary/aromatic N) is 4. The van der Waals surface area contributed by atoms with E-state index in [1.165, 1.54) is 6.42 Å². The number of benzene rings is 1. The molecule has 1 N–H and O–H groups in total. The Labute approximate surface area is 157 Å². The van der Waals surface area contributed by atoms with Crippen LogP contribution in [0.15, 0.2) is 42.7 Å². The average molecular weight is 359 g/mol. The molecule has 1 unspecified atom stereocenters. The molecule has 1 amide bonds. The lowest BCUT2D eigenvalue weighted by molar-refractivity contribution is 0.0729. The summed E-state index contributed by atoms with van der Waals surface area (Å²) < 4.78 is 0. The molecule has 1 fully saturated rings. The number of rotatable bonds is 2. The number of fused-ring (bicyclic) bond motifs is 2. The molecule has 0 saturated carbocycles. The standard InChI is InChI=1S/C21H21N5O/c27-21(19-16-5-2-1-4-14(16)7-10-23-19)26-11-8-17-15(13-26)12-24-20(25-17)18-6-3-9-22-18/h1-2,4-5,7,10,12,18,22H,3,6,8-9,11,13H2. The van der Waals surface area contributed by atoms with Gasteiger partial charge in [0.25, 0.3) is 5.91 Å². The largest absolute Gasteiger partial charge is 0.332 e. The van der Waals surface area contributed by atoms with Crippen LogP contribution >= 0.6 is 0 Å². The highest BCUT2D eigenvalue weighted by molar-refractivity contribution is 6.05. The van der Waals surface area contributed by atoms with Gasteiger partial charge in [-0.2, -0.15) is 0 Å². The molecular formula is C21H21N5O. The van der Waals surface area contributed by atoms with Crippen LogP contribution in [-0.2, 0) is 13.0 Å². The van der Waals surface area contributed by atoms with Crippen LogP contribution in [0.25, 0.3) is 10.8 Å². The van der Waals surface area contributed by atoms with Crippen LogP contribution in [0.3, 0.4) is 0 Å². The smallest absolute Gasteiger partial charge is 0.273 e. The van der Waals surface area contributed by atoms with Crippen LogP contribution in [-0.4, -0.2) is 38.8 Å². The molecule has 136 valence electrons. The molecule has 2 aromatic heterocycles. The van der Waals surface area contributed by atoms with Gasteiger partial charge in [0.15, 0.2) is 0 Å². The number of aromatic nitrogens is 3. The third-order valence-electron chi connectivity index (χ3n) is 5.49. The summed E-state index contributed by atoms with van der Waals surface area (Å²) in [7, 11) is 0. The van der Waals surface area contributed by atoms with E-state index in [1.54, 1.807) is 6.20 Å². The molecule has 1 saturated heterocycles. The average Bonchev–Trinajstić information content (AvgIpc) is 3.27. The summed E-state index contributed by atoms with van der Waals surface area (Å²) in [6.07, 6.45) is 6.63. The minimum atomic E-state index is -0.0287. The first-order valence-electron chi connectivity index (χ1n) is 9.51. The number of carbonyl (C=O) groups excluding carboxylic acids is 1. The van der Waals surface area contributed by atoms with Crippen LogP contribution < -0.4 is 5.32 Å². The maximum atomic E-state index is 13.1. The number of pyridine rings is 1. The number of carbonyl (C=O) groups is 1. The van der Waals surface area contributed by atoms with Crippen LogP contribution in [0.1, 0.15) is 46.5 Å². The topological polar surface area (TPSA) is 71.0 Å². The monoisotopic (exact) mass is 359 g/mol. The second-order valence-electron chi connectivity index (χ2n) is 7.21. The fraction of sp³-hybridized carbons (Fsp3) is 0.333. The quantitative estimate of drug-likeness (QED) is 0.762. The summed E-state index contributed by atoms with van der Waals surface area (Å²) in [5.41, 5.74) is 2.63. The normalized spacial score (nSPS) is 19.3. The van der Waals surface area contributed by atoms with Gasteiger partial charge in [-0.15, -0.1) is 0 Å². The summed E-state index contributed by atoms with van der Waals surface area (Å²) in [4.78, 5) is 28.7. The van der Waals surface area contributed by atoms with Gasteiger partial charge in [-0.05, 0) is 30.8 Å². The van der Waals surface area contributed by atoms with Gasteiger partial charge in [0.2, 0.25) is 0 Å². The fourth-order valence-corrected chi connectivity index (χ4v) is 4.02. The lowest BCUT2D eigenvalue weighted by atomic mass is 10.0. The van der Waals surface area contributed by atoms with Crippen molar-refractivity contribution in [1.82, 2.24) is 25.2 Å². The summed E-state index contributed by atoms with van der Waals surface area (Å²) in [6.45, 7) is 2.23.